The first-order valence-corrected chi connectivity index (χ1v) is 11.3. The summed E-state index contributed by atoms with van der Waals surface area (Å²) in [5.41, 5.74) is 1.71. The first-order valence-electron chi connectivity index (χ1n) is 11.3. The van der Waals surface area contributed by atoms with Gasteiger partial charge in [-0.3, -0.25) is 9.48 Å². The van der Waals surface area contributed by atoms with E-state index in [0.717, 1.165) is 29.7 Å². The van der Waals surface area contributed by atoms with Crippen molar-refractivity contribution in [2.24, 2.45) is 0 Å². The molecule has 1 saturated carbocycles. The second kappa shape index (κ2) is 8.51. The molecule has 5 rings (SSSR count). The predicted octanol–water partition coefficient (Wildman–Crippen LogP) is 3.76. The maximum atomic E-state index is 14.1. The third kappa shape index (κ3) is 4.35. The highest BCUT2D eigenvalue weighted by Gasteiger charge is 2.53. The first-order chi connectivity index (χ1) is 16.3. The van der Waals surface area contributed by atoms with Crippen molar-refractivity contribution >= 4 is 23.5 Å². The molecule has 0 radical (unpaired) electrons. The molecule has 3 heterocycles. The number of amides is 1. The maximum Gasteiger partial charge on any atom is 0.335 e. The molecule has 10 heteroatoms. The molecule has 34 heavy (non-hydrogen) atoms. The van der Waals surface area contributed by atoms with Crippen molar-refractivity contribution in [1.29, 1.82) is 0 Å². The van der Waals surface area contributed by atoms with Gasteiger partial charge in [0.15, 0.2) is 5.67 Å². The highest BCUT2D eigenvalue weighted by Crippen LogP contribution is 2.42. The number of hydrogen-bond acceptors (Lipinski definition) is 6. The number of carboxylic acids is 1. The van der Waals surface area contributed by atoms with Crippen molar-refractivity contribution in [3.8, 4) is 11.3 Å². The van der Waals surface area contributed by atoms with Crippen molar-refractivity contribution in [2.45, 2.75) is 44.3 Å². The van der Waals surface area contributed by atoms with Crippen LogP contribution in [0.2, 0.25) is 0 Å². The van der Waals surface area contributed by atoms with Crippen LogP contribution < -0.4 is 5.32 Å². The Morgan fingerprint density at radius 3 is 2.50 bits per heavy atom. The number of anilines is 2. The van der Waals surface area contributed by atoms with Gasteiger partial charge in [0.05, 0.1) is 29.2 Å². The van der Waals surface area contributed by atoms with Gasteiger partial charge < -0.3 is 15.3 Å². The summed E-state index contributed by atoms with van der Waals surface area (Å²) < 4.78 is 15.9. The summed E-state index contributed by atoms with van der Waals surface area (Å²) in [4.78, 5) is 33.9. The van der Waals surface area contributed by atoms with Crippen LogP contribution in [0.25, 0.3) is 11.3 Å². The molecule has 1 aliphatic heterocycles. The van der Waals surface area contributed by atoms with Crippen molar-refractivity contribution in [1.82, 2.24) is 24.6 Å². The van der Waals surface area contributed by atoms with Crippen molar-refractivity contribution in [2.75, 3.05) is 18.4 Å². The van der Waals surface area contributed by atoms with Crippen LogP contribution in [0, 0.1) is 6.92 Å². The number of nitrogens with zero attached hydrogens (tertiary/aromatic N) is 5. The molecule has 0 atom stereocenters. The fourth-order valence-corrected chi connectivity index (χ4v) is 4.24. The van der Waals surface area contributed by atoms with Gasteiger partial charge in [0.25, 0.3) is 5.91 Å². The van der Waals surface area contributed by atoms with E-state index in [1.54, 1.807) is 41.6 Å². The summed E-state index contributed by atoms with van der Waals surface area (Å²) in [5, 5.41) is 16.7. The summed E-state index contributed by atoms with van der Waals surface area (Å²) in [6.45, 7) is 2.96. The van der Waals surface area contributed by atoms with Crippen LogP contribution in [0.1, 0.15) is 47.6 Å². The van der Waals surface area contributed by atoms with Gasteiger partial charge in [0, 0.05) is 31.0 Å². The maximum absolute atomic E-state index is 14.1. The fraction of sp³-hybridized carbons (Fsp3) is 0.375. The number of nitrogens with one attached hydrogen (secondary N) is 1. The number of carbonyl (C=O) groups is 2. The van der Waals surface area contributed by atoms with Crippen molar-refractivity contribution in [3.05, 3.63) is 54.0 Å². The summed E-state index contributed by atoms with van der Waals surface area (Å²) in [6.07, 6.45) is 7.42. The first kappa shape index (κ1) is 22.0. The lowest BCUT2D eigenvalue weighted by atomic mass is 10.0. The summed E-state index contributed by atoms with van der Waals surface area (Å²) in [7, 11) is 0. The molecular formula is C24H25FN6O3. The number of hydrogen-bond donors (Lipinski definition) is 2. The number of likely N-dealkylation sites (tertiary alicyclic amines) is 1. The number of aromatic carboxylic acids is 1. The highest BCUT2D eigenvalue weighted by atomic mass is 19.1. The number of carboxylic acid groups (broad SMARTS) is 1. The Morgan fingerprint density at radius 1 is 1.15 bits per heavy atom. The third-order valence-electron chi connectivity index (χ3n) is 6.43. The SMILES string of the molecule is Cc1cnc(Nc2cnn(C3CCN(C(=O)C4(F)CC4)CC3)c2)nc1-c1ccc(C(=O)O)cc1. The standard InChI is InChI=1S/C24H25FN6O3/c1-15-12-26-23(29-20(15)16-2-4-17(5-3-16)21(32)33)28-18-13-27-31(14-18)19-6-10-30(11-7-19)22(34)24(25)8-9-24/h2-5,12-14,19H,6-11H2,1H3,(H,32,33)(H,26,28,29). The summed E-state index contributed by atoms with van der Waals surface area (Å²) >= 11 is 0. The number of carbonyl (C=O) groups excluding carboxylic acids is 1. The molecule has 2 N–H and O–H groups in total. The monoisotopic (exact) mass is 464 g/mol. The highest BCUT2D eigenvalue weighted by molar-refractivity contribution is 5.88. The Labute approximate surface area is 195 Å². The zero-order chi connectivity index (χ0) is 23.9. The zero-order valence-corrected chi connectivity index (χ0v) is 18.7. The largest absolute Gasteiger partial charge is 0.478 e. The van der Waals surface area contributed by atoms with E-state index in [1.807, 2.05) is 17.8 Å². The van der Waals surface area contributed by atoms with E-state index in [2.05, 4.69) is 20.4 Å². The lowest BCUT2D eigenvalue weighted by molar-refractivity contribution is -0.139. The molecule has 2 aliphatic rings. The second-order valence-corrected chi connectivity index (χ2v) is 8.93. The minimum atomic E-state index is -1.61. The molecule has 176 valence electrons. The normalized spacial score (nSPS) is 17.4. The lowest BCUT2D eigenvalue weighted by Gasteiger charge is -2.32. The number of halogens is 1. The van der Waals surface area contributed by atoms with E-state index < -0.39 is 11.6 Å². The van der Waals surface area contributed by atoms with E-state index in [9.17, 15) is 14.0 Å². The molecule has 3 aromatic rings. The minimum Gasteiger partial charge on any atom is -0.478 e. The second-order valence-electron chi connectivity index (χ2n) is 8.93. The summed E-state index contributed by atoms with van der Waals surface area (Å²) in [5.74, 6) is -0.934. The van der Waals surface area contributed by atoms with Gasteiger partial charge in [0.1, 0.15) is 0 Å². The molecule has 1 saturated heterocycles. The number of aryl methyl sites for hydroxylation is 1. The number of aromatic nitrogens is 4. The summed E-state index contributed by atoms with van der Waals surface area (Å²) in [6, 6.07) is 6.69. The van der Waals surface area contributed by atoms with E-state index in [1.165, 1.54) is 0 Å². The van der Waals surface area contributed by atoms with E-state index in [-0.39, 0.29) is 17.5 Å². The molecule has 1 amide bonds. The molecule has 0 unspecified atom stereocenters. The minimum absolute atomic E-state index is 0.136. The van der Waals surface area contributed by atoms with E-state index in [0.29, 0.717) is 37.6 Å². The number of piperidine rings is 1. The van der Waals surface area contributed by atoms with Gasteiger partial charge in [-0.15, -0.1) is 0 Å². The van der Waals surface area contributed by atoms with Crippen LogP contribution in [0.5, 0.6) is 0 Å². The number of alkyl halides is 1. The van der Waals surface area contributed by atoms with Gasteiger partial charge >= 0.3 is 5.97 Å². The van der Waals surface area contributed by atoms with Crippen LogP contribution >= 0.6 is 0 Å². The molecule has 2 aromatic heterocycles. The van der Waals surface area contributed by atoms with Crippen LogP contribution in [0.3, 0.4) is 0 Å². The average molecular weight is 465 g/mol. The molecule has 1 aliphatic carbocycles. The quantitative estimate of drug-likeness (QED) is 0.571. The van der Waals surface area contributed by atoms with E-state index >= 15 is 0 Å². The molecule has 0 spiro atoms. The van der Waals surface area contributed by atoms with Crippen molar-refractivity contribution in [3.63, 3.8) is 0 Å². The lowest BCUT2D eigenvalue weighted by Crippen LogP contribution is -2.43. The molecule has 9 nitrogen and oxygen atoms in total. The zero-order valence-electron chi connectivity index (χ0n) is 18.7. The Kier molecular flexibility index (Phi) is 5.51. The fourth-order valence-electron chi connectivity index (χ4n) is 4.24. The van der Waals surface area contributed by atoms with Gasteiger partial charge in [-0.1, -0.05) is 12.1 Å². The van der Waals surface area contributed by atoms with Crippen LogP contribution in [-0.2, 0) is 4.79 Å². The Balaban J connectivity index is 1.25. The topological polar surface area (TPSA) is 113 Å². The van der Waals surface area contributed by atoms with Crippen molar-refractivity contribution < 1.29 is 19.1 Å². The smallest absolute Gasteiger partial charge is 0.335 e. The van der Waals surface area contributed by atoms with Crippen LogP contribution in [-0.4, -0.2) is 60.4 Å². The Bertz CT molecular complexity index is 1230. The Morgan fingerprint density at radius 2 is 1.85 bits per heavy atom. The predicted molar refractivity (Wildman–Crippen MR) is 123 cm³/mol. The van der Waals surface area contributed by atoms with Crippen LogP contribution in [0.15, 0.2) is 42.9 Å². The molecular weight excluding hydrogens is 439 g/mol. The molecule has 2 fully saturated rings. The Hall–Kier alpha value is -3.82. The number of benzene rings is 1. The number of rotatable bonds is 6. The van der Waals surface area contributed by atoms with Gasteiger partial charge in [-0.05, 0) is 50.3 Å². The van der Waals surface area contributed by atoms with Gasteiger partial charge in [-0.25, -0.2) is 19.2 Å². The van der Waals surface area contributed by atoms with Gasteiger partial charge in [-0.2, -0.15) is 5.10 Å². The van der Waals surface area contributed by atoms with Gasteiger partial charge in [0.2, 0.25) is 5.95 Å². The van der Waals surface area contributed by atoms with E-state index in [4.69, 9.17) is 5.11 Å². The third-order valence-corrected chi connectivity index (χ3v) is 6.43. The molecule has 0 bridgehead atoms. The van der Waals surface area contributed by atoms with Crippen LogP contribution in [0.4, 0.5) is 16.0 Å². The molecule has 1 aromatic carbocycles. The average Bonchev–Trinajstić information content (AvgIpc) is 3.43.